The van der Waals surface area contributed by atoms with Gasteiger partial charge in [0.2, 0.25) is 0 Å². The normalized spacial score (nSPS) is 12.8. The molecule has 0 saturated heterocycles. The summed E-state index contributed by atoms with van der Waals surface area (Å²) in [6.07, 6.45) is 0.458. The average Bonchev–Trinajstić information content (AvgIpc) is 2.83. The topological polar surface area (TPSA) is 26.0 Å². The first kappa shape index (κ1) is 13.2. The van der Waals surface area contributed by atoms with Gasteiger partial charge in [0.15, 0.2) is 23.1 Å². The van der Waals surface area contributed by atoms with E-state index < -0.39 is 11.6 Å². The van der Waals surface area contributed by atoms with Gasteiger partial charge >= 0.3 is 0 Å². The molecular weight excluding hydrogens is 328 g/mol. The number of aromatic nitrogens is 1. The summed E-state index contributed by atoms with van der Waals surface area (Å²) < 4.78 is 31.7. The maximum Gasteiger partial charge on any atom is 0.196 e. The summed E-state index contributed by atoms with van der Waals surface area (Å²) in [6.45, 7) is 0. The second-order valence-corrected chi connectivity index (χ2v) is 5.53. The van der Waals surface area contributed by atoms with Crippen LogP contribution in [-0.2, 0) is 6.42 Å². The fraction of sp³-hybridized carbons (Fsp3) is 0.133. The van der Waals surface area contributed by atoms with Gasteiger partial charge in [0.05, 0.1) is 0 Å². The monoisotopic (exact) mass is 337 g/mol. The van der Waals surface area contributed by atoms with Crippen molar-refractivity contribution in [2.45, 2.75) is 11.2 Å². The number of rotatable bonds is 3. The second kappa shape index (κ2) is 5.32. The van der Waals surface area contributed by atoms with Crippen LogP contribution in [0.4, 0.5) is 8.78 Å². The van der Waals surface area contributed by atoms with Crippen LogP contribution in [-0.4, -0.2) is 4.98 Å². The Labute approximate surface area is 122 Å². The zero-order valence-corrected chi connectivity index (χ0v) is 11.9. The van der Waals surface area contributed by atoms with Crippen molar-refractivity contribution in [1.29, 1.82) is 0 Å². The third kappa shape index (κ3) is 2.58. The number of hydrogen-bond acceptors (Lipinski definition) is 2. The Morgan fingerprint density at radius 2 is 1.90 bits per heavy atom. The van der Waals surface area contributed by atoms with Crippen molar-refractivity contribution in [2.24, 2.45) is 0 Å². The number of nitrogens with zero attached hydrogens (tertiary/aromatic N) is 1. The van der Waals surface area contributed by atoms with Crippen LogP contribution in [0.5, 0.6) is 0 Å². The van der Waals surface area contributed by atoms with Crippen LogP contribution in [0.2, 0.25) is 0 Å². The third-order valence-electron chi connectivity index (χ3n) is 3.00. The number of hydrogen-bond donors (Lipinski definition) is 0. The fourth-order valence-corrected chi connectivity index (χ4v) is 2.55. The largest absolute Gasteiger partial charge is 0.441 e. The molecule has 1 aromatic heterocycles. The van der Waals surface area contributed by atoms with E-state index in [0.717, 1.165) is 11.6 Å². The lowest BCUT2D eigenvalue weighted by molar-refractivity contribution is 0.504. The molecule has 5 heteroatoms. The SMILES string of the molecule is Fc1ccc(C(Br)Cc2nc3ccccc3o2)cc1F. The van der Waals surface area contributed by atoms with Gasteiger partial charge in [-0.3, -0.25) is 0 Å². The number of oxazole rings is 1. The van der Waals surface area contributed by atoms with Crippen molar-refractivity contribution < 1.29 is 13.2 Å². The number of fused-ring (bicyclic) bond motifs is 1. The summed E-state index contributed by atoms with van der Waals surface area (Å²) in [5.41, 5.74) is 2.14. The molecule has 0 saturated carbocycles. The first-order valence-corrected chi connectivity index (χ1v) is 6.98. The molecule has 0 fully saturated rings. The Hall–Kier alpha value is -1.75. The second-order valence-electron chi connectivity index (χ2n) is 4.42. The van der Waals surface area contributed by atoms with Gasteiger partial charge < -0.3 is 4.42 Å². The first-order valence-electron chi connectivity index (χ1n) is 6.07. The lowest BCUT2D eigenvalue weighted by atomic mass is 10.1. The average molecular weight is 338 g/mol. The Morgan fingerprint density at radius 1 is 1.10 bits per heavy atom. The van der Waals surface area contributed by atoms with Crippen LogP contribution >= 0.6 is 15.9 Å². The van der Waals surface area contributed by atoms with Gasteiger partial charge in [0.25, 0.3) is 0 Å². The van der Waals surface area contributed by atoms with Gasteiger partial charge in [-0.1, -0.05) is 34.1 Å². The molecule has 2 aromatic carbocycles. The van der Waals surface area contributed by atoms with E-state index in [9.17, 15) is 8.78 Å². The molecule has 0 amide bonds. The summed E-state index contributed by atoms with van der Waals surface area (Å²) in [7, 11) is 0. The molecule has 0 radical (unpaired) electrons. The summed E-state index contributed by atoms with van der Waals surface area (Å²) in [5.74, 6) is -1.15. The van der Waals surface area contributed by atoms with Crippen LogP contribution in [0.25, 0.3) is 11.1 Å². The number of benzene rings is 2. The predicted molar refractivity (Wildman–Crippen MR) is 75.7 cm³/mol. The Morgan fingerprint density at radius 3 is 2.65 bits per heavy atom. The zero-order chi connectivity index (χ0) is 14.1. The summed E-state index contributed by atoms with van der Waals surface area (Å²) in [4.78, 5) is 4.16. The lowest BCUT2D eigenvalue weighted by Gasteiger charge is -2.08. The van der Waals surface area contributed by atoms with Crippen LogP contribution in [0.1, 0.15) is 16.3 Å². The molecule has 20 heavy (non-hydrogen) atoms. The lowest BCUT2D eigenvalue weighted by Crippen LogP contribution is -1.97. The van der Waals surface area contributed by atoms with E-state index >= 15 is 0 Å². The van der Waals surface area contributed by atoms with Crippen molar-refractivity contribution in [3.63, 3.8) is 0 Å². The van der Waals surface area contributed by atoms with Gasteiger partial charge in [-0.2, -0.15) is 0 Å². The van der Waals surface area contributed by atoms with Crippen molar-refractivity contribution in [3.8, 4) is 0 Å². The van der Waals surface area contributed by atoms with Gasteiger partial charge in [0, 0.05) is 11.2 Å². The predicted octanol–water partition coefficient (Wildman–Crippen LogP) is 4.78. The first-order chi connectivity index (χ1) is 9.63. The van der Waals surface area contributed by atoms with Crippen LogP contribution < -0.4 is 0 Å². The van der Waals surface area contributed by atoms with Gasteiger partial charge in [-0.05, 0) is 29.8 Å². The number of halogens is 3. The molecule has 1 atom stereocenters. The van der Waals surface area contributed by atoms with Gasteiger partial charge in [-0.15, -0.1) is 0 Å². The number of alkyl halides is 1. The van der Waals surface area contributed by atoms with E-state index in [-0.39, 0.29) is 4.83 Å². The third-order valence-corrected chi connectivity index (χ3v) is 3.85. The van der Waals surface area contributed by atoms with E-state index in [1.165, 1.54) is 6.07 Å². The number of para-hydroxylation sites is 2. The maximum atomic E-state index is 13.2. The minimum absolute atomic E-state index is 0.189. The molecule has 3 rings (SSSR count). The standard InChI is InChI=1S/C15H10BrF2NO/c16-10(9-5-6-11(17)12(18)7-9)8-15-19-13-3-1-2-4-14(13)20-15/h1-7,10H,8H2. The molecule has 0 N–H and O–H groups in total. The highest BCUT2D eigenvalue weighted by Crippen LogP contribution is 2.29. The quantitative estimate of drug-likeness (QED) is 0.642. The van der Waals surface area contributed by atoms with E-state index in [4.69, 9.17) is 4.42 Å². The van der Waals surface area contributed by atoms with Crippen LogP contribution in [0.15, 0.2) is 46.9 Å². The molecule has 0 aliphatic heterocycles. The minimum atomic E-state index is -0.857. The van der Waals surface area contributed by atoms with Crippen LogP contribution in [0, 0.1) is 11.6 Å². The van der Waals surface area contributed by atoms with Crippen molar-refractivity contribution in [2.75, 3.05) is 0 Å². The van der Waals surface area contributed by atoms with Crippen LogP contribution in [0.3, 0.4) is 0 Å². The molecule has 102 valence electrons. The van der Waals surface area contributed by atoms with Gasteiger partial charge in [0.1, 0.15) is 5.52 Å². The highest BCUT2D eigenvalue weighted by Gasteiger charge is 2.15. The van der Waals surface area contributed by atoms with E-state index in [0.29, 0.717) is 23.5 Å². The highest BCUT2D eigenvalue weighted by molar-refractivity contribution is 9.09. The molecule has 1 unspecified atom stereocenters. The maximum absolute atomic E-state index is 13.2. The minimum Gasteiger partial charge on any atom is -0.441 e. The Kier molecular flexibility index (Phi) is 3.53. The van der Waals surface area contributed by atoms with Crippen molar-refractivity contribution in [1.82, 2.24) is 4.98 Å². The molecule has 2 nitrogen and oxygen atoms in total. The molecular formula is C15H10BrF2NO. The fourth-order valence-electron chi connectivity index (χ4n) is 1.99. The highest BCUT2D eigenvalue weighted by atomic mass is 79.9. The summed E-state index contributed by atoms with van der Waals surface area (Å²) in [6, 6.07) is 11.3. The molecule has 0 bridgehead atoms. The van der Waals surface area contributed by atoms with Crippen molar-refractivity contribution in [3.05, 3.63) is 65.6 Å². The Balaban J connectivity index is 1.84. The van der Waals surface area contributed by atoms with Crippen molar-refractivity contribution >= 4 is 27.0 Å². The Bertz CT molecular complexity index is 723. The zero-order valence-electron chi connectivity index (χ0n) is 10.3. The van der Waals surface area contributed by atoms with E-state index in [1.54, 1.807) is 6.07 Å². The molecule has 0 aliphatic carbocycles. The molecule has 3 aromatic rings. The van der Waals surface area contributed by atoms with E-state index in [1.807, 2.05) is 24.3 Å². The summed E-state index contributed by atoms with van der Waals surface area (Å²) >= 11 is 3.45. The molecule has 1 heterocycles. The van der Waals surface area contributed by atoms with Gasteiger partial charge in [-0.25, -0.2) is 13.8 Å². The molecule has 0 spiro atoms. The summed E-state index contributed by atoms with van der Waals surface area (Å²) in [5, 5.41) is 0. The molecule has 0 aliphatic rings. The van der Waals surface area contributed by atoms with E-state index in [2.05, 4.69) is 20.9 Å². The smallest absolute Gasteiger partial charge is 0.196 e.